The average molecular weight is 400 g/mol. The van der Waals surface area contributed by atoms with Gasteiger partial charge in [-0.05, 0) is 62.4 Å². The quantitative estimate of drug-likeness (QED) is 0.546. The normalized spacial score (nSPS) is 15.3. The van der Waals surface area contributed by atoms with E-state index in [1.54, 1.807) is 7.11 Å². The Morgan fingerprint density at radius 1 is 1.28 bits per heavy atom. The van der Waals surface area contributed by atoms with Crippen LogP contribution in [0.15, 0.2) is 41.5 Å². The summed E-state index contributed by atoms with van der Waals surface area (Å²) in [5.41, 5.74) is 1.94. The molecule has 0 bridgehead atoms. The highest BCUT2D eigenvalue weighted by Gasteiger charge is 2.15. The lowest BCUT2D eigenvalue weighted by atomic mass is 9.96. The monoisotopic (exact) mass is 399 g/mol. The lowest BCUT2D eigenvalue weighted by molar-refractivity contribution is 0.0625. The number of nitrogens with zero attached hydrogens (tertiary/aromatic N) is 4. The Kier molecular flexibility index (Phi) is 7.93. The number of guanidine groups is 1. The lowest BCUT2D eigenvalue weighted by Crippen LogP contribution is -2.40. The lowest BCUT2D eigenvalue weighted by Gasteiger charge is -2.26. The van der Waals surface area contributed by atoms with E-state index >= 15 is 0 Å². The molecular weight excluding hydrogens is 366 g/mol. The van der Waals surface area contributed by atoms with E-state index < -0.39 is 0 Å². The topological polar surface area (TPSA) is 63.9 Å². The van der Waals surface area contributed by atoms with E-state index in [0.717, 1.165) is 55.3 Å². The summed E-state index contributed by atoms with van der Waals surface area (Å²) in [6, 6.07) is 9.87. The Morgan fingerprint density at radius 2 is 2.03 bits per heavy atom. The van der Waals surface area contributed by atoms with E-state index in [2.05, 4.69) is 29.3 Å². The van der Waals surface area contributed by atoms with E-state index in [-0.39, 0.29) is 0 Å². The second-order valence-corrected chi connectivity index (χ2v) is 7.39. The van der Waals surface area contributed by atoms with E-state index in [4.69, 9.17) is 14.5 Å². The first-order valence-electron chi connectivity index (χ1n) is 10.5. The fourth-order valence-corrected chi connectivity index (χ4v) is 3.47. The SMILES string of the molecule is CCNC(=NCc1ccn(-c2ccc(OC)cc2)n1)N(C)CCC1CCOCC1. The van der Waals surface area contributed by atoms with Crippen molar-refractivity contribution in [3.8, 4) is 11.4 Å². The van der Waals surface area contributed by atoms with Gasteiger partial charge in [-0.2, -0.15) is 5.10 Å². The zero-order chi connectivity index (χ0) is 20.5. The van der Waals surface area contributed by atoms with Crippen LogP contribution in [0.2, 0.25) is 0 Å². The molecule has 7 heteroatoms. The van der Waals surface area contributed by atoms with Gasteiger partial charge in [0.05, 0.1) is 25.0 Å². The van der Waals surface area contributed by atoms with Crippen LogP contribution >= 0.6 is 0 Å². The molecule has 1 aromatic heterocycles. The van der Waals surface area contributed by atoms with Crippen molar-refractivity contribution in [3.05, 3.63) is 42.2 Å². The number of benzene rings is 1. The van der Waals surface area contributed by atoms with Crippen molar-refractivity contribution < 1.29 is 9.47 Å². The summed E-state index contributed by atoms with van der Waals surface area (Å²) in [4.78, 5) is 7.01. The van der Waals surface area contributed by atoms with Crippen molar-refractivity contribution in [1.82, 2.24) is 20.0 Å². The number of methoxy groups -OCH3 is 1. The van der Waals surface area contributed by atoms with Gasteiger partial charge in [-0.3, -0.25) is 0 Å². The molecule has 1 saturated heterocycles. The van der Waals surface area contributed by atoms with E-state index in [9.17, 15) is 0 Å². The van der Waals surface area contributed by atoms with Gasteiger partial charge in [-0.1, -0.05) is 0 Å². The molecule has 0 atom stereocenters. The summed E-state index contributed by atoms with van der Waals surface area (Å²) in [5.74, 6) is 2.53. The number of hydrogen-bond donors (Lipinski definition) is 1. The first-order chi connectivity index (χ1) is 14.2. The van der Waals surface area contributed by atoms with Crippen LogP contribution in [0.1, 0.15) is 31.9 Å². The Morgan fingerprint density at radius 3 is 2.72 bits per heavy atom. The molecule has 0 saturated carbocycles. The smallest absolute Gasteiger partial charge is 0.194 e. The van der Waals surface area contributed by atoms with Crippen LogP contribution in [0.25, 0.3) is 5.69 Å². The minimum absolute atomic E-state index is 0.549. The maximum absolute atomic E-state index is 5.46. The highest BCUT2D eigenvalue weighted by atomic mass is 16.5. The largest absolute Gasteiger partial charge is 0.497 e. The third-order valence-corrected chi connectivity index (χ3v) is 5.28. The molecule has 1 aromatic carbocycles. The third-order valence-electron chi connectivity index (χ3n) is 5.28. The molecule has 2 aromatic rings. The molecule has 158 valence electrons. The van der Waals surface area contributed by atoms with E-state index in [1.165, 1.54) is 19.3 Å². The highest BCUT2D eigenvalue weighted by molar-refractivity contribution is 5.79. The Balaban J connectivity index is 1.58. The number of aliphatic imine (C=N–C) groups is 1. The molecule has 0 unspecified atom stereocenters. The molecule has 7 nitrogen and oxygen atoms in total. The van der Waals surface area contributed by atoms with Crippen LogP contribution in [0.5, 0.6) is 5.75 Å². The van der Waals surface area contributed by atoms with Crippen LogP contribution in [-0.4, -0.2) is 61.1 Å². The van der Waals surface area contributed by atoms with Crippen molar-refractivity contribution in [2.24, 2.45) is 10.9 Å². The van der Waals surface area contributed by atoms with Gasteiger partial charge in [-0.25, -0.2) is 9.67 Å². The zero-order valence-corrected chi connectivity index (χ0v) is 17.8. The zero-order valence-electron chi connectivity index (χ0n) is 17.8. The van der Waals surface area contributed by atoms with Crippen molar-refractivity contribution >= 4 is 5.96 Å². The number of nitrogens with one attached hydrogen (secondary N) is 1. The van der Waals surface area contributed by atoms with Crippen molar-refractivity contribution in [3.63, 3.8) is 0 Å². The fourth-order valence-electron chi connectivity index (χ4n) is 3.47. The number of aromatic nitrogens is 2. The first-order valence-corrected chi connectivity index (χ1v) is 10.5. The van der Waals surface area contributed by atoms with Crippen molar-refractivity contribution in [2.75, 3.05) is 40.5 Å². The molecule has 1 N–H and O–H groups in total. The minimum Gasteiger partial charge on any atom is -0.497 e. The Bertz CT molecular complexity index is 766. The maximum Gasteiger partial charge on any atom is 0.194 e. The van der Waals surface area contributed by atoms with Crippen molar-refractivity contribution in [1.29, 1.82) is 0 Å². The van der Waals surface area contributed by atoms with Gasteiger partial charge in [0.1, 0.15) is 5.75 Å². The van der Waals surface area contributed by atoms with Gasteiger partial charge < -0.3 is 19.7 Å². The fraction of sp³-hybridized carbons (Fsp3) is 0.545. The molecule has 1 aliphatic rings. The van der Waals surface area contributed by atoms with Gasteiger partial charge in [0.15, 0.2) is 5.96 Å². The van der Waals surface area contributed by atoms with Gasteiger partial charge >= 0.3 is 0 Å². The molecule has 2 heterocycles. The molecule has 0 amide bonds. The minimum atomic E-state index is 0.549. The number of hydrogen-bond acceptors (Lipinski definition) is 4. The molecule has 0 aliphatic carbocycles. The summed E-state index contributed by atoms with van der Waals surface area (Å²) in [7, 11) is 3.78. The Labute approximate surface area is 173 Å². The molecule has 1 fully saturated rings. The summed E-state index contributed by atoms with van der Waals surface area (Å²) in [6.07, 6.45) is 5.49. The first kappa shape index (κ1) is 21.2. The summed E-state index contributed by atoms with van der Waals surface area (Å²) in [6.45, 7) is 6.30. The van der Waals surface area contributed by atoms with E-state index in [1.807, 2.05) is 41.2 Å². The van der Waals surface area contributed by atoms with Gasteiger partial charge in [0.2, 0.25) is 0 Å². The van der Waals surface area contributed by atoms with Crippen LogP contribution in [0, 0.1) is 5.92 Å². The Hall–Kier alpha value is -2.54. The summed E-state index contributed by atoms with van der Waals surface area (Å²) >= 11 is 0. The van der Waals surface area contributed by atoms with Crippen molar-refractivity contribution in [2.45, 2.75) is 32.7 Å². The predicted molar refractivity (Wildman–Crippen MR) is 116 cm³/mol. The summed E-state index contributed by atoms with van der Waals surface area (Å²) < 4.78 is 12.5. The molecule has 1 aliphatic heterocycles. The molecule has 29 heavy (non-hydrogen) atoms. The van der Waals surface area contributed by atoms with Crippen LogP contribution in [-0.2, 0) is 11.3 Å². The van der Waals surface area contributed by atoms with Gasteiger partial charge in [-0.15, -0.1) is 0 Å². The van der Waals surface area contributed by atoms with Gasteiger partial charge in [0, 0.05) is 39.5 Å². The number of rotatable bonds is 8. The predicted octanol–water partition coefficient (Wildman–Crippen LogP) is 3.09. The second kappa shape index (κ2) is 10.9. The van der Waals surface area contributed by atoms with Crippen LogP contribution < -0.4 is 10.1 Å². The standard InChI is InChI=1S/C22H33N5O2/c1-4-23-22(26(2)13-9-18-11-15-29-16-12-18)24-17-19-10-14-27(25-19)20-5-7-21(28-3)8-6-20/h5-8,10,14,18H,4,9,11-13,15-17H2,1-3H3,(H,23,24). The molecule has 0 spiro atoms. The van der Waals surface area contributed by atoms with Gasteiger partial charge in [0.25, 0.3) is 0 Å². The molecule has 3 rings (SSSR count). The second-order valence-electron chi connectivity index (χ2n) is 7.39. The van der Waals surface area contributed by atoms with E-state index in [0.29, 0.717) is 6.54 Å². The molecular formula is C22H33N5O2. The average Bonchev–Trinajstić information content (AvgIpc) is 3.25. The maximum atomic E-state index is 5.46. The highest BCUT2D eigenvalue weighted by Crippen LogP contribution is 2.18. The number of ether oxygens (including phenoxy) is 2. The van der Waals surface area contributed by atoms with Crippen LogP contribution in [0.4, 0.5) is 0 Å². The third kappa shape index (κ3) is 6.22. The summed E-state index contributed by atoms with van der Waals surface area (Å²) in [5, 5.41) is 8.05. The van der Waals surface area contributed by atoms with Crippen LogP contribution in [0.3, 0.4) is 0 Å². The molecule has 0 radical (unpaired) electrons.